The monoisotopic (exact) mass is 768 g/mol. The fourth-order valence-corrected chi connectivity index (χ4v) is 10.1. The Morgan fingerprint density at radius 1 is 0.450 bits per heavy atom. The largest absolute Gasteiger partial charge is 0.310 e. The number of benzene rings is 8. The minimum absolute atomic E-state index is 0.128. The Morgan fingerprint density at radius 2 is 1.05 bits per heavy atom. The van der Waals surface area contributed by atoms with Gasteiger partial charge in [0.2, 0.25) is 0 Å². The van der Waals surface area contributed by atoms with E-state index in [0.29, 0.717) is 0 Å². The van der Waals surface area contributed by atoms with Crippen LogP contribution in [-0.2, 0) is 5.41 Å². The number of para-hydroxylation sites is 3. The van der Waals surface area contributed by atoms with Crippen LogP contribution in [0.15, 0.2) is 207 Å². The summed E-state index contributed by atoms with van der Waals surface area (Å²) in [6.07, 6.45) is 3.90. The molecule has 284 valence electrons. The number of pyridine rings is 1. The predicted octanol–water partition coefficient (Wildman–Crippen LogP) is 14.7. The standard InChI is InChI=1S/C56H40N4/c1-56(2)47-22-11-9-20-44(47)55-48(56)23-14-26-53(55)58(41-31-32-50-45(35-41)43-19-10-12-24-49(43)59(50)38-15-5-3-6-16-38)40-29-27-37(28-30-40)42-21-13-25-52-54(42)46-36-57-34-33-51(46)60(52)39-17-7-4-8-18-39/h3-36H,1-2H3. The van der Waals surface area contributed by atoms with Gasteiger partial charge in [-0.2, -0.15) is 0 Å². The third kappa shape index (κ3) is 5.01. The summed E-state index contributed by atoms with van der Waals surface area (Å²) in [5, 5.41) is 4.79. The Morgan fingerprint density at radius 3 is 1.85 bits per heavy atom. The van der Waals surface area contributed by atoms with E-state index < -0.39 is 0 Å². The van der Waals surface area contributed by atoms with Crippen LogP contribution in [0.1, 0.15) is 25.0 Å². The van der Waals surface area contributed by atoms with Gasteiger partial charge in [0, 0.05) is 67.7 Å². The highest BCUT2D eigenvalue weighted by Gasteiger charge is 2.37. The van der Waals surface area contributed by atoms with Crippen molar-refractivity contribution in [1.29, 1.82) is 0 Å². The van der Waals surface area contributed by atoms with Crippen molar-refractivity contribution in [3.05, 3.63) is 218 Å². The molecule has 0 atom stereocenters. The molecule has 0 spiro atoms. The van der Waals surface area contributed by atoms with Crippen LogP contribution in [0, 0.1) is 0 Å². The van der Waals surface area contributed by atoms with Gasteiger partial charge in [0.15, 0.2) is 0 Å². The average Bonchev–Trinajstić information content (AvgIpc) is 3.91. The molecule has 0 bridgehead atoms. The van der Waals surface area contributed by atoms with Crippen molar-refractivity contribution in [2.75, 3.05) is 4.90 Å². The first-order chi connectivity index (χ1) is 29.6. The van der Waals surface area contributed by atoms with Crippen molar-refractivity contribution >= 4 is 60.7 Å². The van der Waals surface area contributed by atoms with Crippen LogP contribution in [0.3, 0.4) is 0 Å². The Bertz CT molecular complexity index is 3450. The molecule has 4 nitrogen and oxygen atoms in total. The zero-order valence-corrected chi connectivity index (χ0v) is 33.4. The molecule has 11 aromatic rings. The fourth-order valence-electron chi connectivity index (χ4n) is 10.1. The first kappa shape index (κ1) is 34.4. The summed E-state index contributed by atoms with van der Waals surface area (Å²) in [7, 11) is 0. The normalized spacial score (nSPS) is 13.0. The SMILES string of the molecule is CC1(C)c2ccccc2-c2c(N(c3ccc(-c4cccc5c4c4cnccc4n5-c4ccccc4)cc3)c3ccc4c(c3)c3ccccc3n4-c3ccccc3)cccc21. The Kier molecular flexibility index (Phi) is 7.54. The van der Waals surface area contributed by atoms with Gasteiger partial charge in [-0.3, -0.25) is 4.98 Å². The third-order valence-corrected chi connectivity index (χ3v) is 12.8. The minimum Gasteiger partial charge on any atom is -0.310 e. The summed E-state index contributed by atoms with van der Waals surface area (Å²) in [6, 6.07) is 70.8. The summed E-state index contributed by atoms with van der Waals surface area (Å²) in [6.45, 7) is 4.71. The second-order valence-electron chi connectivity index (χ2n) is 16.4. The van der Waals surface area contributed by atoms with Crippen LogP contribution >= 0.6 is 0 Å². The maximum Gasteiger partial charge on any atom is 0.0572 e. The lowest BCUT2D eigenvalue weighted by Gasteiger charge is -2.29. The predicted molar refractivity (Wildman–Crippen MR) is 251 cm³/mol. The third-order valence-electron chi connectivity index (χ3n) is 12.8. The summed E-state index contributed by atoms with van der Waals surface area (Å²) in [5.74, 6) is 0. The molecule has 0 saturated heterocycles. The van der Waals surface area contributed by atoms with Crippen LogP contribution < -0.4 is 4.90 Å². The summed E-state index contributed by atoms with van der Waals surface area (Å²) >= 11 is 0. The van der Waals surface area contributed by atoms with Gasteiger partial charge >= 0.3 is 0 Å². The van der Waals surface area contributed by atoms with Crippen LogP contribution in [-0.4, -0.2) is 14.1 Å². The first-order valence-electron chi connectivity index (χ1n) is 20.7. The molecule has 3 heterocycles. The molecular formula is C56H40N4. The molecular weight excluding hydrogens is 729 g/mol. The molecule has 0 radical (unpaired) electrons. The van der Waals surface area contributed by atoms with Gasteiger partial charge in [-0.15, -0.1) is 0 Å². The Labute approximate surface area is 348 Å². The van der Waals surface area contributed by atoms with Crippen molar-refractivity contribution in [3.63, 3.8) is 0 Å². The van der Waals surface area contributed by atoms with Gasteiger partial charge in [-0.1, -0.05) is 129 Å². The molecule has 0 unspecified atom stereocenters. The second kappa shape index (κ2) is 13.2. The van der Waals surface area contributed by atoms with Gasteiger partial charge in [-0.05, 0) is 107 Å². The molecule has 3 aromatic heterocycles. The Balaban J connectivity index is 1.07. The molecule has 0 saturated carbocycles. The number of hydrogen-bond acceptors (Lipinski definition) is 2. The molecule has 8 aromatic carbocycles. The molecule has 0 fully saturated rings. The highest BCUT2D eigenvalue weighted by Crippen LogP contribution is 2.54. The van der Waals surface area contributed by atoms with Crippen molar-refractivity contribution in [2.45, 2.75) is 19.3 Å². The second-order valence-corrected chi connectivity index (χ2v) is 16.4. The van der Waals surface area contributed by atoms with Gasteiger partial charge in [0.25, 0.3) is 0 Å². The maximum atomic E-state index is 4.60. The topological polar surface area (TPSA) is 26.0 Å². The molecule has 1 aliphatic carbocycles. The Hall–Kier alpha value is -7.69. The first-order valence-corrected chi connectivity index (χ1v) is 20.7. The van der Waals surface area contributed by atoms with Crippen LogP contribution in [0.2, 0.25) is 0 Å². The average molecular weight is 769 g/mol. The lowest BCUT2D eigenvalue weighted by Crippen LogP contribution is -2.16. The number of hydrogen-bond donors (Lipinski definition) is 0. The van der Waals surface area contributed by atoms with Gasteiger partial charge < -0.3 is 14.0 Å². The van der Waals surface area contributed by atoms with E-state index >= 15 is 0 Å². The minimum atomic E-state index is -0.128. The molecule has 4 heteroatoms. The van der Waals surface area contributed by atoms with Crippen LogP contribution in [0.25, 0.3) is 77.2 Å². The van der Waals surface area contributed by atoms with Crippen molar-refractivity contribution in [2.24, 2.45) is 0 Å². The zero-order chi connectivity index (χ0) is 40.0. The molecule has 0 aliphatic heterocycles. The van der Waals surface area contributed by atoms with E-state index in [1.165, 1.54) is 60.7 Å². The summed E-state index contributed by atoms with van der Waals surface area (Å²) in [5.41, 5.74) is 17.9. The quantitative estimate of drug-likeness (QED) is 0.168. The zero-order valence-electron chi connectivity index (χ0n) is 33.4. The lowest BCUT2D eigenvalue weighted by molar-refractivity contribution is 0.660. The molecule has 0 N–H and O–H groups in total. The van der Waals surface area contributed by atoms with Crippen LogP contribution in [0.5, 0.6) is 0 Å². The van der Waals surface area contributed by atoms with Gasteiger partial charge in [0.1, 0.15) is 0 Å². The number of rotatable bonds is 6. The van der Waals surface area contributed by atoms with E-state index in [9.17, 15) is 0 Å². The van der Waals surface area contributed by atoms with E-state index in [2.05, 4.69) is 227 Å². The highest BCUT2D eigenvalue weighted by molar-refractivity contribution is 6.16. The number of aromatic nitrogens is 3. The van der Waals surface area contributed by atoms with E-state index in [0.717, 1.165) is 44.7 Å². The fraction of sp³-hybridized carbons (Fsp3) is 0.0536. The molecule has 0 amide bonds. The summed E-state index contributed by atoms with van der Waals surface area (Å²) < 4.78 is 4.74. The molecule has 1 aliphatic rings. The molecule has 60 heavy (non-hydrogen) atoms. The van der Waals surface area contributed by atoms with E-state index in [1.54, 1.807) is 0 Å². The highest BCUT2D eigenvalue weighted by atomic mass is 15.1. The van der Waals surface area contributed by atoms with Gasteiger partial charge in [-0.25, -0.2) is 0 Å². The number of nitrogens with zero attached hydrogens (tertiary/aromatic N) is 4. The van der Waals surface area contributed by atoms with E-state index in [-0.39, 0.29) is 5.41 Å². The maximum absolute atomic E-state index is 4.60. The smallest absolute Gasteiger partial charge is 0.0572 e. The van der Waals surface area contributed by atoms with Crippen molar-refractivity contribution in [3.8, 4) is 33.6 Å². The van der Waals surface area contributed by atoms with E-state index in [1.807, 2.05) is 12.4 Å². The van der Waals surface area contributed by atoms with Crippen LogP contribution in [0.4, 0.5) is 17.1 Å². The number of anilines is 3. The van der Waals surface area contributed by atoms with Gasteiger partial charge in [0.05, 0.1) is 27.8 Å². The molecule has 12 rings (SSSR count). The van der Waals surface area contributed by atoms with Crippen molar-refractivity contribution < 1.29 is 0 Å². The summed E-state index contributed by atoms with van der Waals surface area (Å²) in [4.78, 5) is 7.07. The van der Waals surface area contributed by atoms with Crippen molar-refractivity contribution in [1.82, 2.24) is 14.1 Å². The van der Waals surface area contributed by atoms with E-state index in [4.69, 9.17) is 0 Å². The lowest BCUT2D eigenvalue weighted by atomic mass is 9.82. The number of fused-ring (bicyclic) bond motifs is 9.